The highest BCUT2D eigenvalue weighted by Gasteiger charge is 2.22. The van der Waals surface area contributed by atoms with Gasteiger partial charge in [0.25, 0.3) is 11.5 Å². The predicted octanol–water partition coefficient (Wildman–Crippen LogP) is 2.35. The molecule has 0 saturated carbocycles. The molecule has 0 unspecified atom stereocenters. The molecule has 0 bridgehead atoms. The van der Waals surface area contributed by atoms with Gasteiger partial charge in [-0.05, 0) is 12.1 Å². The number of amides is 1. The lowest BCUT2D eigenvalue weighted by Crippen LogP contribution is -2.39. The van der Waals surface area contributed by atoms with Crippen molar-refractivity contribution in [2.24, 2.45) is 0 Å². The van der Waals surface area contributed by atoms with Crippen molar-refractivity contribution >= 4 is 40.1 Å². The van der Waals surface area contributed by atoms with E-state index in [1.807, 2.05) is 10.3 Å². The number of fused-ring (bicyclic) bond motifs is 1. The van der Waals surface area contributed by atoms with Crippen LogP contribution in [0.25, 0.3) is 5.65 Å². The Labute approximate surface area is 182 Å². The molecule has 1 fully saturated rings. The number of thiazole rings is 1. The SMILES string of the molecule is CC(C)(C)c1csc(NC(=O)c2ccn3c(=O)c(C=O)c(N4CCOCC4)nc3c2)n1. The number of nitrogens with one attached hydrogen (secondary N) is 1. The number of aromatic nitrogens is 3. The van der Waals surface area contributed by atoms with Crippen LogP contribution < -0.4 is 15.8 Å². The van der Waals surface area contributed by atoms with Crippen LogP contribution in [0, 0.1) is 0 Å². The van der Waals surface area contributed by atoms with E-state index in [1.165, 1.54) is 34.1 Å². The molecule has 3 aromatic heterocycles. The van der Waals surface area contributed by atoms with Crippen LogP contribution in [0.1, 0.15) is 47.2 Å². The van der Waals surface area contributed by atoms with Crippen LogP contribution in [0.4, 0.5) is 10.9 Å². The largest absolute Gasteiger partial charge is 0.378 e. The summed E-state index contributed by atoms with van der Waals surface area (Å²) in [6.45, 7) is 8.21. The summed E-state index contributed by atoms with van der Waals surface area (Å²) in [7, 11) is 0. The maximum atomic E-state index is 12.8. The number of anilines is 2. The molecule has 1 amide bonds. The zero-order valence-electron chi connectivity index (χ0n) is 17.5. The van der Waals surface area contributed by atoms with Gasteiger partial charge < -0.3 is 9.64 Å². The first kappa shape index (κ1) is 21.1. The number of hydrogen-bond donors (Lipinski definition) is 1. The normalized spacial score (nSPS) is 14.6. The van der Waals surface area contributed by atoms with Gasteiger partial charge in [-0.25, -0.2) is 9.97 Å². The lowest BCUT2D eigenvalue weighted by molar-refractivity contribution is 0.102. The van der Waals surface area contributed by atoms with Crippen molar-refractivity contribution in [1.29, 1.82) is 0 Å². The van der Waals surface area contributed by atoms with Gasteiger partial charge in [0, 0.05) is 35.6 Å². The molecule has 162 valence electrons. The Kier molecular flexibility index (Phi) is 5.59. The van der Waals surface area contributed by atoms with E-state index in [-0.39, 0.29) is 16.9 Å². The highest BCUT2D eigenvalue weighted by Crippen LogP contribution is 2.26. The molecule has 10 heteroatoms. The van der Waals surface area contributed by atoms with Gasteiger partial charge in [0.05, 0.1) is 18.9 Å². The lowest BCUT2D eigenvalue weighted by Gasteiger charge is -2.28. The van der Waals surface area contributed by atoms with E-state index in [4.69, 9.17) is 4.74 Å². The molecule has 0 aromatic carbocycles. The average Bonchev–Trinajstić information content (AvgIpc) is 3.23. The molecule has 0 aliphatic carbocycles. The Morgan fingerprint density at radius 2 is 2.00 bits per heavy atom. The van der Waals surface area contributed by atoms with E-state index in [1.54, 1.807) is 0 Å². The minimum Gasteiger partial charge on any atom is -0.378 e. The molecule has 1 aliphatic rings. The fraction of sp³-hybridized carbons (Fsp3) is 0.381. The Hall–Kier alpha value is -3.11. The van der Waals surface area contributed by atoms with E-state index in [0.29, 0.717) is 54.7 Å². The molecule has 1 aliphatic heterocycles. The summed E-state index contributed by atoms with van der Waals surface area (Å²) in [5.41, 5.74) is 0.943. The van der Waals surface area contributed by atoms with Crippen molar-refractivity contribution in [3.05, 3.63) is 50.9 Å². The van der Waals surface area contributed by atoms with Crippen molar-refractivity contribution < 1.29 is 14.3 Å². The van der Waals surface area contributed by atoms with Gasteiger partial charge in [-0.15, -0.1) is 11.3 Å². The topological polar surface area (TPSA) is 106 Å². The highest BCUT2D eigenvalue weighted by atomic mass is 32.1. The molecule has 1 saturated heterocycles. The van der Waals surface area contributed by atoms with E-state index >= 15 is 0 Å². The van der Waals surface area contributed by atoms with Gasteiger partial charge >= 0.3 is 0 Å². The number of morpholine rings is 1. The number of hydrogen-bond acceptors (Lipinski definition) is 8. The van der Waals surface area contributed by atoms with Crippen molar-refractivity contribution in [1.82, 2.24) is 14.4 Å². The van der Waals surface area contributed by atoms with Crippen LogP contribution in [0.15, 0.2) is 28.5 Å². The molecular weight excluding hydrogens is 418 g/mol. The summed E-state index contributed by atoms with van der Waals surface area (Å²) in [5, 5.41) is 5.23. The Morgan fingerprint density at radius 1 is 1.26 bits per heavy atom. The maximum Gasteiger partial charge on any atom is 0.270 e. The lowest BCUT2D eigenvalue weighted by atomic mass is 9.93. The number of ether oxygens (including phenoxy) is 1. The smallest absolute Gasteiger partial charge is 0.270 e. The van der Waals surface area contributed by atoms with Crippen molar-refractivity contribution in [2.45, 2.75) is 26.2 Å². The highest BCUT2D eigenvalue weighted by molar-refractivity contribution is 7.14. The fourth-order valence-corrected chi connectivity index (χ4v) is 4.18. The van der Waals surface area contributed by atoms with Gasteiger partial charge in [0.2, 0.25) is 0 Å². The van der Waals surface area contributed by atoms with Gasteiger partial charge in [0.1, 0.15) is 17.0 Å². The number of pyridine rings is 1. The van der Waals surface area contributed by atoms with Crippen molar-refractivity contribution in [3.8, 4) is 0 Å². The van der Waals surface area contributed by atoms with E-state index in [9.17, 15) is 14.4 Å². The molecule has 4 heterocycles. The summed E-state index contributed by atoms with van der Waals surface area (Å²) in [4.78, 5) is 48.0. The number of aldehydes is 1. The van der Waals surface area contributed by atoms with Crippen molar-refractivity contribution in [2.75, 3.05) is 36.5 Å². The summed E-state index contributed by atoms with van der Waals surface area (Å²) < 4.78 is 6.61. The Morgan fingerprint density at radius 3 is 2.65 bits per heavy atom. The average molecular weight is 442 g/mol. The first-order valence-corrected chi connectivity index (χ1v) is 10.8. The van der Waals surface area contributed by atoms with Crippen LogP contribution in [0.3, 0.4) is 0 Å². The number of carbonyl (C=O) groups is 2. The zero-order chi connectivity index (χ0) is 22.2. The van der Waals surface area contributed by atoms with Crippen LogP contribution in [-0.4, -0.2) is 52.9 Å². The van der Waals surface area contributed by atoms with Gasteiger partial charge in [-0.2, -0.15) is 0 Å². The first-order chi connectivity index (χ1) is 14.8. The third kappa shape index (κ3) is 4.21. The van der Waals surface area contributed by atoms with Gasteiger partial charge in [0.15, 0.2) is 11.4 Å². The molecule has 3 aromatic rings. The summed E-state index contributed by atoms with van der Waals surface area (Å²) in [6, 6.07) is 3.06. The quantitative estimate of drug-likeness (QED) is 0.620. The maximum absolute atomic E-state index is 12.8. The second kappa shape index (κ2) is 8.20. The molecule has 31 heavy (non-hydrogen) atoms. The molecule has 0 atom stereocenters. The third-order valence-corrected chi connectivity index (χ3v) is 5.79. The monoisotopic (exact) mass is 441 g/mol. The fourth-order valence-electron chi connectivity index (χ4n) is 3.25. The minimum atomic E-state index is -0.469. The molecule has 4 rings (SSSR count). The Bertz CT molecular complexity index is 1200. The number of rotatable bonds is 4. The first-order valence-electron chi connectivity index (χ1n) is 9.89. The second-order valence-corrected chi connectivity index (χ2v) is 9.12. The number of carbonyl (C=O) groups excluding carboxylic acids is 2. The minimum absolute atomic E-state index is 0.00547. The second-order valence-electron chi connectivity index (χ2n) is 8.26. The van der Waals surface area contributed by atoms with Crippen LogP contribution >= 0.6 is 11.3 Å². The standard InChI is InChI=1S/C21H23N5O4S/c1-21(2,3)15-12-31-20(22-15)24-18(28)13-4-5-26-16(10-13)23-17(14(11-27)19(26)29)25-6-8-30-9-7-25/h4-5,10-12H,6-9H2,1-3H3,(H,22,24,28). The molecule has 0 radical (unpaired) electrons. The molecular formula is C21H23N5O4S. The third-order valence-electron chi connectivity index (χ3n) is 5.03. The van der Waals surface area contributed by atoms with Gasteiger partial charge in [-0.3, -0.25) is 24.1 Å². The van der Waals surface area contributed by atoms with Crippen LogP contribution in [0.2, 0.25) is 0 Å². The molecule has 9 nitrogen and oxygen atoms in total. The summed E-state index contributed by atoms with van der Waals surface area (Å²) in [5.74, 6) is -0.0328. The van der Waals surface area contributed by atoms with E-state index in [2.05, 4.69) is 36.1 Å². The summed E-state index contributed by atoms with van der Waals surface area (Å²) in [6.07, 6.45) is 1.99. The van der Waals surface area contributed by atoms with E-state index in [0.717, 1.165) is 5.69 Å². The number of nitrogens with zero attached hydrogens (tertiary/aromatic N) is 4. The van der Waals surface area contributed by atoms with Crippen LogP contribution in [0.5, 0.6) is 0 Å². The van der Waals surface area contributed by atoms with E-state index < -0.39 is 5.56 Å². The van der Waals surface area contributed by atoms with Crippen LogP contribution in [-0.2, 0) is 10.2 Å². The molecule has 0 spiro atoms. The van der Waals surface area contributed by atoms with Crippen molar-refractivity contribution in [3.63, 3.8) is 0 Å². The Balaban J connectivity index is 1.68. The summed E-state index contributed by atoms with van der Waals surface area (Å²) >= 11 is 1.36. The van der Waals surface area contributed by atoms with Gasteiger partial charge in [-0.1, -0.05) is 20.8 Å². The molecule has 1 N–H and O–H groups in total. The predicted molar refractivity (Wildman–Crippen MR) is 119 cm³/mol. The zero-order valence-corrected chi connectivity index (χ0v) is 18.4.